The number of carbonyl (C=O) groups excluding carboxylic acids is 1. The summed E-state index contributed by atoms with van der Waals surface area (Å²) >= 11 is 0. The normalized spacial score (nSPS) is 13.7. The number of aromatic amines is 1. The lowest BCUT2D eigenvalue weighted by Crippen LogP contribution is -2.20. The molecule has 25 heavy (non-hydrogen) atoms. The van der Waals surface area contributed by atoms with Crippen molar-refractivity contribution in [2.24, 2.45) is 0 Å². The number of hydrogen-bond acceptors (Lipinski definition) is 5. The molecule has 2 aromatic heterocycles. The third kappa shape index (κ3) is 3.03. The number of anilines is 1. The molecule has 2 heterocycles. The third-order valence-corrected chi connectivity index (χ3v) is 4.52. The predicted molar refractivity (Wildman–Crippen MR) is 96.1 cm³/mol. The van der Waals surface area contributed by atoms with Crippen molar-refractivity contribution < 1.29 is 4.79 Å². The van der Waals surface area contributed by atoms with E-state index in [9.17, 15) is 9.59 Å². The lowest BCUT2D eigenvalue weighted by molar-refractivity contribution is 0.0972. The number of aryl methyl sites for hydroxylation is 1. The Balaban J connectivity index is 1.61. The lowest BCUT2D eigenvalue weighted by atomic mass is 9.90. The molecular weight excluding hydrogens is 316 g/mol. The first kappa shape index (κ1) is 15.5. The molecule has 0 atom stereocenters. The fraction of sp³-hybridized carbons (Fsp3) is 0.263. The van der Waals surface area contributed by atoms with Gasteiger partial charge in [-0.3, -0.25) is 14.6 Å². The van der Waals surface area contributed by atoms with Gasteiger partial charge in [-0.05, 0) is 30.4 Å². The fourth-order valence-corrected chi connectivity index (χ4v) is 3.28. The highest BCUT2D eigenvalue weighted by molar-refractivity contribution is 6.01. The number of H-pyrrole nitrogens is 1. The van der Waals surface area contributed by atoms with Crippen molar-refractivity contribution in [2.45, 2.75) is 25.7 Å². The second kappa shape index (κ2) is 6.47. The van der Waals surface area contributed by atoms with Crippen LogP contribution in [-0.4, -0.2) is 27.3 Å². The minimum absolute atomic E-state index is 0.0557. The SMILES string of the molecule is O=C1CCCc2c1cnc1nc(NCCc3ccccc3)[nH]c(=O)c21. The number of aromatic nitrogens is 3. The molecule has 6 heteroatoms. The molecule has 0 saturated heterocycles. The van der Waals surface area contributed by atoms with Gasteiger partial charge in [0.1, 0.15) is 0 Å². The number of rotatable bonds is 4. The van der Waals surface area contributed by atoms with Gasteiger partial charge in [-0.15, -0.1) is 0 Å². The zero-order valence-electron chi connectivity index (χ0n) is 13.7. The number of benzene rings is 1. The highest BCUT2D eigenvalue weighted by Crippen LogP contribution is 2.25. The topological polar surface area (TPSA) is 87.7 Å². The van der Waals surface area contributed by atoms with Crippen molar-refractivity contribution in [1.29, 1.82) is 0 Å². The average molecular weight is 334 g/mol. The zero-order valence-corrected chi connectivity index (χ0v) is 13.7. The van der Waals surface area contributed by atoms with Gasteiger partial charge in [0.15, 0.2) is 11.4 Å². The summed E-state index contributed by atoms with van der Waals surface area (Å²) in [5.74, 6) is 0.461. The molecular formula is C19H18N4O2. The lowest BCUT2D eigenvalue weighted by Gasteiger charge is -2.15. The van der Waals surface area contributed by atoms with Gasteiger partial charge in [-0.2, -0.15) is 4.98 Å². The van der Waals surface area contributed by atoms with Crippen molar-refractivity contribution >= 4 is 22.8 Å². The van der Waals surface area contributed by atoms with Gasteiger partial charge >= 0.3 is 0 Å². The van der Waals surface area contributed by atoms with E-state index in [1.807, 2.05) is 18.2 Å². The zero-order chi connectivity index (χ0) is 17.2. The summed E-state index contributed by atoms with van der Waals surface area (Å²) < 4.78 is 0. The summed E-state index contributed by atoms with van der Waals surface area (Å²) in [6.45, 7) is 0.655. The van der Waals surface area contributed by atoms with E-state index in [1.165, 1.54) is 5.56 Å². The summed E-state index contributed by atoms with van der Waals surface area (Å²) in [4.78, 5) is 35.9. The molecule has 0 bridgehead atoms. The van der Waals surface area contributed by atoms with E-state index in [0.717, 1.165) is 18.4 Å². The summed E-state index contributed by atoms with van der Waals surface area (Å²) in [5.41, 5.74) is 2.70. The molecule has 0 amide bonds. The molecule has 1 aliphatic carbocycles. The van der Waals surface area contributed by atoms with Crippen LogP contribution in [-0.2, 0) is 12.8 Å². The number of pyridine rings is 1. The van der Waals surface area contributed by atoms with Crippen LogP contribution in [0.2, 0.25) is 0 Å². The minimum Gasteiger partial charge on any atom is -0.355 e. The molecule has 0 spiro atoms. The Morgan fingerprint density at radius 1 is 1.12 bits per heavy atom. The number of carbonyl (C=O) groups is 1. The first-order chi connectivity index (χ1) is 12.2. The molecule has 126 valence electrons. The molecule has 2 N–H and O–H groups in total. The van der Waals surface area contributed by atoms with Crippen LogP contribution in [0.25, 0.3) is 11.0 Å². The second-order valence-electron chi connectivity index (χ2n) is 6.20. The van der Waals surface area contributed by atoms with Crippen molar-refractivity contribution in [3.05, 3.63) is 63.6 Å². The van der Waals surface area contributed by atoms with E-state index in [-0.39, 0.29) is 11.3 Å². The van der Waals surface area contributed by atoms with Crippen LogP contribution in [0.1, 0.15) is 34.3 Å². The Bertz CT molecular complexity index is 995. The summed E-state index contributed by atoms with van der Waals surface area (Å²) in [5, 5.41) is 3.59. The van der Waals surface area contributed by atoms with Gasteiger partial charge in [0.25, 0.3) is 5.56 Å². The summed E-state index contributed by atoms with van der Waals surface area (Å²) in [7, 11) is 0. The highest BCUT2D eigenvalue weighted by atomic mass is 16.1. The van der Waals surface area contributed by atoms with Crippen LogP contribution >= 0.6 is 0 Å². The summed E-state index contributed by atoms with van der Waals surface area (Å²) in [6.07, 6.45) is 4.38. The maximum absolute atomic E-state index is 12.5. The maximum atomic E-state index is 12.5. The Morgan fingerprint density at radius 3 is 2.80 bits per heavy atom. The molecule has 6 nitrogen and oxygen atoms in total. The van der Waals surface area contributed by atoms with Crippen LogP contribution in [0.5, 0.6) is 0 Å². The predicted octanol–water partition coefficient (Wildman–Crippen LogP) is 2.49. The van der Waals surface area contributed by atoms with Crippen LogP contribution in [0.15, 0.2) is 41.3 Å². The average Bonchev–Trinajstić information content (AvgIpc) is 2.62. The van der Waals surface area contributed by atoms with E-state index in [4.69, 9.17) is 0 Å². The molecule has 0 fully saturated rings. The largest absolute Gasteiger partial charge is 0.355 e. The minimum atomic E-state index is -0.244. The van der Waals surface area contributed by atoms with Crippen LogP contribution in [0, 0.1) is 0 Å². The van der Waals surface area contributed by atoms with Crippen molar-refractivity contribution in [3.8, 4) is 0 Å². The third-order valence-electron chi connectivity index (χ3n) is 4.52. The van der Waals surface area contributed by atoms with E-state index < -0.39 is 0 Å². The standard InChI is InChI=1S/C19H18N4O2/c24-15-8-4-7-13-14(15)11-21-17-16(13)18(25)23-19(22-17)20-10-9-12-5-2-1-3-6-12/h1-3,5-6,11H,4,7-10H2,(H2,20,21,22,23,25). The Morgan fingerprint density at radius 2 is 1.96 bits per heavy atom. The number of nitrogens with zero attached hydrogens (tertiary/aromatic N) is 2. The van der Waals surface area contributed by atoms with Gasteiger partial charge in [-0.25, -0.2) is 4.98 Å². The van der Waals surface area contributed by atoms with Crippen LogP contribution < -0.4 is 10.9 Å². The molecule has 3 aromatic rings. The Kier molecular flexibility index (Phi) is 4.01. The second-order valence-corrected chi connectivity index (χ2v) is 6.20. The van der Waals surface area contributed by atoms with Crippen LogP contribution in [0.3, 0.4) is 0 Å². The number of ketones is 1. The monoisotopic (exact) mass is 334 g/mol. The fourth-order valence-electron chi connectivity index (χ4n) is 3.28. The first-order valence-corrected chi connectivity index (χ1v) is 8.45. The number of fused-ring (bicyclic) bond motifs is 3. The molecule has 0 saturated carbocycles. The van der Waals surface area contributed by atoms with E-state index in [2.05, 4.69) is 32.4 Å². The maximum Gasteiger partial charge on any atom is 0.262 e. The van der Waals surface area contributed by atoms with E-state index in [1.54, 1.807) is 6.20 Å². The molecule has 0 radical (unpaired) electrons. The molecule has 4 rings (SSSR count). The van der Waals surface area contributed by atoms with Gasteiger partial charge in [0.05, 0.1) is 5.39 Å². The Labute approximate surface area is 144 Å². The van der Waals surface area contributed by atoms with E-state index >= 15 is 0 Å². The first-order valence-electron chi connectivity index (χ1n) is 8.45. The summed E-state index contributed by atoms with van der Waals surface area (Å²) in [6, 6.07) is 10.1. The number of Topliss-reactive ketones (excluding diaryl/α,β-unsaturated/α-hetero) is 1. The van der Waals surface area contributed by atoms with E-state index in [0.29, 0.717) is 41.9 Å². The van der Waals surface area contributed by atoms with Crippen molar-refractivity contribution in [2.75, 3.05) is 11.9 Å². The molecule has 1 aromatic carbocycles. The Hall–Kier alpha value is -3.02. The smallest absolute Gasteiger partial charge is 0.262 e. The van der Waals surface area contributed by atoms with Gasteiger partial charge in [0.2, 0.25) is 5.95 Å². The number of hydrogen-bond donors (Lipinski definition) is 2. The number of nitrogens with one attached hydrogen (secondary N) is 2. The molecule has 0 aliphatic heterocycles. The van der Waals surface area contributed by atoms with Crippen molar-refractivity contribution in [1.82, 2.24) is 15.0 Å². The van der Waals surface area contributed by atoms with Gasteiger partial charge in [0, 0.05) is 24.7 Å². The van der Waals surface area contributed by atoms with Crippen molar-refractivity contribution in [3.63, 3.8) is 0 Å². The van der Waals surface area contributed by atoms with Gasteiger partial charge < -0.3 is 5.32 Å². The molecule has 0 unspecified atom stereocenters. The quantitative estimate of drug-likeness (QED) is 0.765. The van der Waals surface area contributed by atoms with Crippen LogP contribution in [0.4, 0.5) is 5.95 Å². The highest BCUT2D eigenvalue weighted by Gasteiger charge is 2.22. The molecule has 1 aliphatic rings. The van der Waals surface area contributed by atoms with Gasteiger partial charge in [-0.1, -0.05) is 30.3 Å².